The average molecular weight is 246 g/mol. The fraction of sp³-hybridized carbons (Fsp3) is 0.600. The summed E-state index contributed by atoms with van der Waals surface area (Å²) in [5.41, 5.74) is -0.0378. The van der Waals surface area contributed by atoms with Crippen LogP contribution in [0.2, 0.25) is 0 Å². The zero-order chi connectivity index (χ0) is 13.1. The van der Waals surface area contributed by atoms with Gasteiger partial charge in [-0.2, -0.15) is 0 Å². The van der Waals surface area contributed by atoms with Crippen molar-refractivity contribution in [3.8, 4) is 0 Å². The summed E-state index contributed by atoms with van der Waals surface area (Å²) in [7, 11) is 0. The third kappa shape index (κ3) is 1.25. The van der Waals surface area contributed by atoms with Crippen molar-refractivity contribution in [3.63, 3.8) is 0 Å². The number of hydrogen-bond donors (Lipinski definition) is 0. The summed E-state index contributed by atoms with van der Waals surface area (Å²) in [5, 5.41) is 0. The fourth-order valence-corrected chi connectivity index (χ4v) is 3.94. The van der Waals surface area contributed by atoms with E-state index in [4.69, 9.17) is 4.74 Å². The Kier molecular flexibility index (Phi) is 2.31. The molecular weight excluding hydrogens is 228 g/mol. The van der Waals surface area contributed by atoms with Crippen LogP contribution in [0.3, 0.4) is 0 Å². The first-order valence-corrected chi connectivity index (χ1v) is 6.58. The molecule has 0 spiro atoms. The van der Waals surface area contributed by atoms with E-state index in [-0.39, 0.29) is 29.7 Å². The molecular formula is C15H18O3. The number of allylic oxidation sites excluding steroid dienone is 2. The quantitative estimate of drug-likeness (QED) is 0.486. The first kappa shape index (κ1) is 11.7. The lowest BCUT2D eigenvalue weighted by atomic mass is 9.68. The van der Waals surface area contributed by atoms with Gasteiger partial charge in [-0.15, -0.1) is 0 Å². The molecule has 0 N–H and O–H groups in total. The van der Waals surface area contributed by atoms with Crippen LogP contribution >= 0.6 is 0 Å². The number of esters is 1. The Hall–Kier alpha value is -1.38. The van der Waals surface area contributed by atoms with E-state index in [0.717, 1.165) is 12.8 Å². The van der Waals surface area contributed by atoms with Gasteiger partial charge >= 0.3 is 5.97 Å². The van der Waals surface area contributed by atoms with Gasteiger partial charge in [-0.05, 0) is 37.7 Å². The maximum atomic E-state index is 12.3. The number of carbonyl (C=O) groups excluding carboxylic acids is 2. The van der Waals surface area contributed by atoms with Crippen LogP contribution in [0.5, 0.6) is 0 Å². The Morgan fingerprint density at radius 1 is 1.39 bits per heavy atom. The lowest BCUT2D eigenvalue weighted by molar-refractivity contribution is -0.150. The van der Waals surface area contributed by atoms with Crippen LogP contribution in [-0.4, -0.2) is 17.9 Å². The average Bonchev–Trinajstić information content (AvgIpc) is 2.75. The summed E-state index contributed by atoms with van der Waals surface area (Å²) >= 11 is 0. The van der Waals surface area contributed by atoms with Gasteiger partial charge in [-0.25, -0.2) is 4.79 Å². The van der Waals surface area contributed by atoms with E-state index in [1.807, 2.05) is 13.0 Å². The van der Waals surface area contributed by atoms with Gasteiger partial charge in [-0.3, -0.25) is 4.79 Å². The first-order chi connectivity index (χ1) is 8.46. The highest BCUT2D eigenvalue weighted by atomic mass is 16.6. The fourth-order valence-electron chi connectivity index (χ4n) is 3.94. The van der Waals surface area contributed by atoms with Gasteiger partial charge in [0.1, 0.15) is 6.10 Å². The third-order valence-corrected chi connectivity index (χ3v) is 5.12. The van der Waals surface area contributed by atoms with Crippen LogP contribution in [-0.2, 0) is 14.3 Å². The van der Waals surface area contributed by atoms with Crippen molar-refractivity contribution in [2.45, 2.75) is 32.8 Å². The van der Waals surface area contributed by atoms with E-state index in [1.54, 1.807) is 6.08 Å². The summed E-state index contributed by atoms with van der Waals surface area (Å²) in [6, 6.07) is 0. The van der Waals surface area contributed by atoms with E-state index in [1.165, 1.54) is 0 Å². The second-order valence-electron chi connectivity index (χ2n) is 6.04. The lowest BCUT2D eigenvalue weighted by Crippen LogP contribution is -2.45. The molecule has 1 saturated carbocycles. The van der Waals surface area contributed by atoms with Crippen molar-refractivity contribution in [1.82, 2.24) is 0 Å². The molecule has 0 aromatic carbocycles. The highest BCUT2D eigenvalue weighted by Gasteiger charge is 2.59. The predicted molar refractivity (Wildman–Crippen MR) is 66.7 cm³/mol. The van der Waals surface area contributed by atoms with Gasteiger partial charge in [-0.1, -0.05) is 19.6 Å². The molecule has 96 valence electrons. The van der Waals surface area contributed by atoms with Gasteiger partial charge in [0.15, 0.2) is 5.78 Å². The highest BCUT2D eigenvalue weighted by molar-refractivity contribution is 6.00. The summed E-state index contributed by atoms with van der Waals surface area (Å²) in [6.45, 7) is 7.98. The molecule has 2 fully saturated rings. The Morgan fingerprint density at radius 2 is 2.11 bits per heavy atom. The molecule has 0 amide bonds. The molecule has 5 atom stereocenters. The summed E-state index contributed by atoms with van der Waals surface area (Å²) in [5.74, 6) is 0.408. The molecule has 3 rings (SSSR count). The molecule has 2 aliphatic carbocycles. The molecule has 3 aliphatic rings. The molecule has 1 heterocycles. The van der Waals surface area contributed by atoms with Crippen molar-refractivity contribution in [3.05, 3.63) is 24.3 Å². The Labute approximate surface area is 107 Å². The van der Waals surface area contributed by atoms with Crippen molar-refractivity contribution >= 4 is 11.8 Å². The third-order valence-electron chi connectivity index (χ3n) is 5.12. The molecule has 3 heteroatoms. The van der Waals surface area contributed by atoms with Crippen molar-refractivity contribution in [2.75, 3.05) is 0 Å². The maximum Gasteiger partial charge on any atom is 0.334 e. The van der Waals surface area contributed by atoms with Gasteiger partial charge in [0, 0.05) is 11.5 Å². The van der Waals surface area contributed by atoms with Gasteiger partial charge in [0.05, 0.1) is 5.41 Å². The Bertz CT molecular complexity index is 476. The second kappa shape index (κ2) is 3.56. The smallest absolute Gasteiger partial charge is 0.334 e. The van der Waals surface area contributed by atoms with Crippen LogP contribution in [0.25, 0.3) is 0 Å². The largest absolute Gasteiger partial charge is 0.457 e. The molecule has 1 saturated heterocycles. The molecule has 0 aromatic rings. The molecule has 1 aliphatic heterocycles. The van der Waals surface area contributed by atoms with Crippen molar-refractivity contribution in [1.29, 1.82) is 0 Å². The standard InChI is InChI=1S/C15H18O3/c1-8-4-5-10-9(2)14(17)18-13(10)15(3)11(8)6-7-12(15)16/h6-8,10-11,13H,2,4-5H2,1,3H3/t8-,10?,11-,13?,15?/m0/s1. The number of rotatable bonds is 0. The number of ketones is 1. The number of carbonyl (C=O) groups is 2. The second-order valence-corrected chi connectivity index (χ2v) is 6.04. The SMILES string of the molecule is C=C1C(=O)OC2C1CC[C@H](C)[C@@H]1C=CC(=O)C21C. The van der Waals surface area contributed by atoms with E-state index in [0.29, 0.717) is 11.5 Å². The zero-order valence-electron chi connectivity index (χ0n) is 10.8. The monoisotopic (exact) mass is 246 g/mol. The normalized spacial score (nSPS) is 46.7. The number of ether oxygens (including phenoxy) is 1. The van der Waals surface area contributed by atoms with Crippen LogP contribution in [0.15, 0.2) is 24.3 Å². The summed E-state index contributed by atoms with van der Waals surface area (Å²) in [6.07, 6.45) is 5.25. The lowest BCUT2D eigenvalue weighted by Gasteiger charge is -2.36. The summed E-state index contributed by atoms with van der Waals surface area (Å²) < 4.78 is 5.49. The predicted octanol–water partition coefficient (Wildman–Crippen LogP) is 2.28. The molecule has 0 aromatic heterocycles. The van der Waals surface area contributed by atoms with Gasteiger partial charge in [0.2, 0.25) is 0 Å². The first-order valence-electron chi connectivity index (χ1n) is 6.58. The van der Waals surface area contributed by atoms with E-state index < -0.39 is 5.41 Å². The summed E-state index contributed by atoms with van der Waals surface area (Å²) in [4.78, 5) is 24.0. The number of fused-ring (bicyclic) bond motifs is 3. The van der Waals surface area contributed by atoms with E-state index >= 15 is 0 Å². The van der Waals surface area contributed by atoms with E-state index in [9.17, 15) is 9.59 Å². The maximum absolute atomic E-state index is 12.3. The Balaban J connectivity index is 2.08. The van der Waals surface area contributed by atoms with Crippen LogP contribution in [0.4, 0.5) is 0 Å². The minimum atomic E-state index is -0.588. The number of hydrogen-bond acceptors (Lipinski definition) is 3. The van der Waals surface area contributed by atoms with E-state index in [2.05, 4.69) is 13.5 Å². The van der Waals surface area contributed by atoms with Crippen molar-refractivity contribution < 1.29 is 14.3 Å². The minimum absolute atomic E-state index is 0.0128. The van der Waals surface area contributed by atoms with Crippen LogP contribution in [0, 0.1) is 23.2 Å². The molecule has 0 radical (unpaired) electrons. The van der Waals surface area contributed by atoms with Crippen LogP contribution in [0.1, 0.15) is 26.7 Å². The van der Waals surface area contributed by atoms with Gasteiger partial charge in [0.25, 0.3) is 0 Å². The van der Waals surface area contributed by atoms with Crippen LogP contribution < -0.4 is 0 Å². The molecule has 3 unspecified atom stereocenters. The minimum Gasteiger partial charge on any atom is -0.457 e. The van der Waals surface area contributed by atoms with Gasteiger partial charge < -0.3 is 4.74 Å². The molecule has 18 heavy (non-hydrogen) atoms. The topological polar surface area (TPSA) is 43.4 Å². The Morgan fingerprint density at radius 3 is 2.83 bits per heavy atom. The zero-order valence-corrected chi connectivity index (χ0v) is 10.8. The molecule has 0 bridgehead atoms. The molecule has 3 nitrogen and oxygen atoms in total. The van der Waals surface area contributed by atoms with Crippen molar-refractivity contribution in [2.24, 2.45) is 23.2 Å². The highest BCUT2D eigenvalue weighted by Crippen LogP contribution is 2.54.